The van der Waals surface area contributed by atoms with Gasteiger partial charge in [0.2, 0.25) is 0 Å². The van der Waals surface area contributed by atoms with Gasteiger partial charge in [0.1, 0.15) is 18.2 Å². The molecule has 1 atom stereocenters. The van der Waals surface area contributed by atoms with Crippen molar-refractivity contribution < 1.29 is 4.74 Å². The average Bonchev–Trinajstić information content (AvgIpc) is 2.83. The van der Waals surface area contributed by atoms with Crippen LogP contribution in [0.1, 0.15) is 43.1 Å². The number of aromatic nitrogens is 2. The average molecular weight is 490 g/mol. The van der Waals surface area contributed by atoms with E-state index >= 15 is 0 Å². The second kappa shape index (κ2) is 9.92. The van der Waals surface area contributed by atoms with Crippen molar-refractivity contribution in [3.05, 3.63) is 105 Å². The van der Waals surface area contributed by atoms with Crippen LogP contribution in [0, 0.1) is 0 Å². The summed E-state index contributed by atoms with van der Waals surface area (Å²) in [5.74, 6) is 1.43. The largest absolute Gasteiger partial charge is 0.488 e. The van der Waals surface area contributed by atoms with E-state index in [0.29, 0.717) is 29.1 Å². The Morgan fingerprint density at radius 2 is 1.84 bits per heavy atom. The Hall–Kier alpha value is -3.25. The van der Waals surface area contributed by atoms with E-state index in [2.05, 4.69) is 34.9 Å². The normalized spacial score (nSPS) is 12.3. The highest BCUT2D eigenvalue weighted by atomic mass is 79.9. The van der Waals surface area contributed by atoms with E-state index in [1.165, 1.54) is 4.68 Å². The van der Waals surface area contributed by atoms with Gasteiger partial charge in [-0.1, -0.05) is 72.2 Å². The lowest BCUT2D eigenvalue weighted by atomic mass is 10.1. The molecule has 1 heterocycles. The number of halogens is 1. The Bertz CT molecular complexity index is 1320. The molecule has 0 saturated carbocycles. The summed E-state index contributed by atoms with van der Waals surface area (Å²) in [6.45, 7) is 4.58. The summed E-state index contributed by atoms with van der Waals surface area (Å²) in [6, 6.07) is 23.2. The molecule has 0 radical (unpaired) electrons. The van der Waals surface area contributed by atoms with Crippen molar-refractivity contribution in [3.63, 3.8) is 0 Å². The van der Waals surface area contributed by atoms with Gasteiger partial charge in [-0.25, -0.2) is 4.98 Å². The predicted octanol–water partition coefficient (Wildman–Crippen LogP) is 6.13. The summed E-state index contributed by atoms with van der Waals surface area (Å²) >= 11 is 3.44. The van der Waals surface area contributed by atoms with Gasteiger partial charge < -0.3 is 4.74 Å². The zero-order valence-electron chi connectivity index (χ0n) is 18.0. The van der Waals surface area contributed by atoms with E-state index in [-0.39, 0.29) is 11.5 Å². The fraction of sp³-hybridized carbons (Fsp3) is 0.192. The molecule has 0 saturated heterocycles. The van der Waals surface area contributed by atoms with Gasteiger partial charge >= 0.3 is 0 Å². The zero-order chi connectivity index (χ0) is 22.5. The molecule has 0 spiro atoms. The molecule has 3 aromatic carbocycles. The standard InChI is InChI=1S/C26H24BrN3O2/c1-3-18(2)25-29-23-14-13-21(27)15-22(23)26(31)30(25)28-16-20-11-7-8-12-24(20)32-17-19-9-5-4-6-10-19/h4-16,18H,3,17H2,1-2H3/t18-/m0/s1. The number of rotatable bonds is 7. The second-order valence-corrected chi connectivity index (χ2v) is 8.53. The van der Waals surface area contributed by atoms with Crippen molar-refractivity contribution >= 4 is 33.0 Å². The van der Waals surface area contributed by atoms with Gasteiger partial charge in [0.25, 0.3) is 5.56 Å². The van der Waals surface area contributed by atoms with Crippen molar-refractivity contribution in [2.24, 2.45) is 5.10 Å². The van der Waals surface area contributed by atoms with Crippen LogP contribution in [0.15, 0.2) is 87.2 Å². The van der Waals surface area contributed by atoms with Gasteiger partial charge in [0, 0.05) is 16.0 Å². The van der Waals surface area contributed by atoms with Crippen LogP contribution in [0.3, 0.4) is 0 Å². The molecule has 0 amide bonds. The molecule has 162 valence electrons. The van der Waals surface area contributed by atoms with Crippen LogP contribution in [0.25, 0.3) is 10.9 Å². The number of hydrogen-bond acceptors (Lipinski definition) is 4. The second-order valence-electron chi connectivity index (χ2n) is 7.61. The van der Waals surface area contributed by atoms with Crippen LogP contribution in [-0.4, -0.2) is 15.9 Å². The molecule has 0 N–H and O–H groups in total. The summed E-state index contributed by atoms with van der Waals surface area (Å²) in [4.78, 5) is 18.1. The minimum Gasteiger partial charge on any atom is -0.488 e. The molecule has 6 heteroatoms. The first kappa shape index (κ1) is 22.0. The third kappa shape index (κ3) is 4.81. The van der Waals surface area contributed by atoms with Crippen LogP contribution < -0.4 is 10.3 Å². The number of nitrogens with zero attached hydrogens (tertiary/aromatic N) is 3. The van der Waals surface area contributed by atoms with Crippen LogP contribution >= 0.6 is 15.9 Å². The van der Waals surface area contributed by atoms with Crippen molar-refractivity contribution in [2.45, 2.75) is 32.8 Å². The first-order valence-electron chi connectivity index (χ1n) is 10.6. The molecule has 0 bridgehead atoms. The molecule has 1 aromatic heterocycles. The van der Waals surface area contributed by atoms with E-state index in [1.807, 2.05) is 66.7 Å². The maximum atomic E-state index is 13.3. The Labute approximate surface area is 195 Å². The Kier molecular flexibility index (Phi) is 6.81. The molecule has 0 unspecified atom stereocenters. The molecule has 32 heavy (non-hydrogen) atoms. The van der Waals surface area contributed by atoms with E-state index in [0.717, 1.165) is 22.0 Å². The lowest BCUT2D eigenvalue weighted by molar-refractivity contribution is 0.306. The van der Waals surface area contributed by atoms with Gasteiger partial charge in [0.05, 0.1) is 17.1 Å². The van der Waals surface area contributed by atoms with Crippen molar-refractivity contribution in [3.8, 4) is 5.75 Å². The van der Waals surface area contributed by atoms with Crippen molar-refractivity contribution in [2.75, 3.05) is 0 Å². The third-order valence-electron chi connectivity index (χ3n) is 5.35. The van der Waals surface area contributed by atoms with Gasteiger partial charge in [-0.05, 0) is 42.3 Å². The molecule has 0 aliphatic rings. The summed E-state index contributed by atoms with van der Waals surface area (Å²) in [6.07, 6.45) is 2.51. The molecule has 5 nitrogen and oxygen atoms in total. The van der Waals surface area contributed by atoms with Gasteiger partial charge in [-0.3, -0.25) is 4.79 Å². The summed E-state index contributed by atoms with van der Waals surface area (Å²) in [5.41, 5.74) is 2.36. The maximum Gasteiger partial charge on any atom is 0.282 e. The highest BCUT2D eigenvalue weighted by Gasteiger charge is 2.15. The molecule has 0 aliphatic carbocycles. The van der Waals surface area contributed by atoms with Crippen LogP contribution in [0.5, 0.6) is 5.75 Å². The van der Waals surface area contributed by atoms with Gasteiger partial charge in [0.15, 0.2) is 0 Å². The van der Waals surface area contributed by atoms with E-state index in [9.17, 15) is 4.79 Å². The van der Waals surface area contributed by atoms with Crippen LogP contribution in [0.2, 0.25) is 0 Å². The number of para-hydroxylation sites is 1. The fourth-order valence-corrected chi connectivity index (χ4v) is 3.71. The molecule has 0 fully saturated rings. The Morgan fingerprint density at radius 1 is 1.09 bits per heavy atom. The third-order valence-corrected chi connectivity index (χ3v) is 5.85. The minimum atomic E-state index is -0.189. The van der Waals surface area contributed by atoms with Crippen molar-refractivity contribution in [1.82, 2.24) is 9.66 Å². The zero-order valence-corrected chi connectivity index (χ0v) is 19.6. The first-order valence-corrected chi connectivity index (χ1v) is 11.4. The van der Waals surface area contributed by atoms with Crippen LogP contribution in [-0.2, 0) is 6.61 Å². The topological polar surface area (TPSA) is 56.5 Å². The van der Waals surface area contributed by atoms with Crippen LogP contribution in [0.4, 0.5) is 0 Å². The van der Waals surface area contributed by atoms with E-state index < -0.39 is 0 Å². The maximum absolute atomic E-state index is 13.3. The molecule has 0 aliphatic heterocycles. The number of hydrogen-bond donors (Lipinski definition) is 0. The van der Waals surface area contributed by atoms with Gasteiger partial charge in [-0.15, -0.1) is 0 Å². The lowest BCUT2D eigenvalue weighted by Gasteiger charge is -2.14. The monoisotopic (exact) mass is 489 g/mol. The smallest absolute Gasteiger partial charge is 0.282 e. The summed E-state index contributed by atoms with van der Waals surface area (Å²) in [5, 5.41) is 5.09. The number of fused-ring (bicyclic) bond motifs is 1. The molecular weight excluding hydrogens is 466 g/mol. The quantitative estimate of drug-likeness (QED) is 0.293. The highest BCUT2D eigenvalue weighted by Crippen LogP contribution is 2.22. The SMILES string of the molecule is CC[C@H](C)c1nc2ccc(Br)cc2c(=O)n1N=Cc1ccccc1OCc1ccccc1. The Balaban J connectivity index is 1.72. The number of benzene rings is 3. The highest BCUT2D eigenvalue weighted by molar-refractivity contribution is 9.10. The van der Waals surface area contributed by atoms with E-state index in [4.69, 9.17) is 9.72 Å². The summed E-state index contributed by atoms with van der Waals surface area (Å²) < 4.78 is 8.27. The Morgan fingerprint density at radius 3 is 2.62 bits per heavy atom. The minimum absolute atomic E-state index is 0.0810. The van der Waals surface area contributed by atoms with E-state index in [1.54, 1.807) is 12.3 Å². The molecule has 4 aromatic rings. The lowest BCUT2D eigenvalue weighted by Crippen LogP contribution is -2.23. The van der Waals surface area contributed by atoms with Crippen molar-refractivity contribution in [1.29, 1.82) is 0 Å². The molecule has 4 rings (SSSR count). The fourth-order valence-electron chi connectivity index (χ4n) is 3.35. The predicted molar refractivity (Wildman–Crippen MR) is 133 cm³/mol. The van der Waals surface area contributed by atoms with Gasteiger partial charge in [-0.2, -0.15) is 9.78 Å². The molecular formula is C26H24BrN3O2. The first-order chi connectivity index (χ1) is 15.6. The summed E-state index contributed by atoms with van der Waals surface area (Å²) in [7, 11) is 0. The number of ether oxygens (including phenoxy) is 1.